The van der Waals surface area contributed by atoms with Gasteiger partial charge in [0.2, 0.25) is 0 Å². The normalized spacial score (nSPS) is 21.9. The van der Waals surface area contributed by atoms with Gasteiger partial charge < -0.3 is 14.2 Å². The zero-order valence-electron chi connectivity index (χ0n) is 11.9. The van der Waals surface area contributed by atoms with Gasteiger partial charge in [0, 0.05) is 19.8 Å². The van der Waals surface area contributed by atoms with Gasteiger partial charge in [-0.2, -0.15) is 0 Å². The third-order valence-electron chi connectivity index (χ3n) is 3.18. The summed E-state index contributed by atoms with van der Waals surface area (Å²) in [6.07, 6.45) is 0.534. The van der Waals surface area contributed by atoms with E-state index in [1.54, 1.807) is 19.2 Å². The van der Waals surface area contributed by atoms with Gasteiger partial charge in [-0.25, -0.2) is 8.42 Å². The lowest BCUT2D eigenvalue weighted by Crippen LogP contribution is -2.52. The van der Waals surface area contributed by atoms with E-state index >= 15 is 0 Å². The Morgan fingerprint density at radius 2 is 1.86 bits per heavy atom. The number of sulfone groups is 1. The number of carbonyl (C=O) groups is 1. The molecule has 1 aromatic rings. The topological polar surface area (TPSA) is 78.9 Å². The molecule has 2 rings (SSSR count). The zero-order valence-corrected chi connectivity index (χ0v) is 12.8. The van der Waals surface area contributed by atoms with Gasteiger partial charge in [0.25, 0.3) is 0 Å². The van der Waals surface area contributed by atoms with E-state index in [0.29, 0.717) is 25.4 Å². The summed E-state index contributed by atoms with van der Waals surface area (Å²) in [5, 5.41) is 0. The van der Waals surface area contributed by atoms with Crippen molar-refractivity contribution in [1.29, 1.82) is 0 Å². The predicted octanol–water partition coefficient (Wildman–Crippen LogP) is 0.842. The Hall–Kier alpha value is -1.44. The van der Waals surface area contributed by atoms with Crippen molar-refractivity contribution in [1.82, 2.24) is 0 Å². The van der Waals surface area contributed by atoms with E-state index in [0.717, 1.165) is 6.26 Å². The van der Waals surface area contributed by atoms with E-state index in [-0.39, 0.29) is 16.8 Å². The first-order chi connectivity index (χ1) is 9.91. The summed E-state index contributed by atoms with van der Waals surface area (Å²) in [4.78, 5) is 11.7. The van der Waals surface area contributed by atoms with Crippen LogP contribution in [0.15, 0.2) is 29.2 Å². The Morgan fingerprint density at radius 3 is 2.38 bits per heavy atom. The Labute approximate surface area is 123 Å². The quantitative estimate of drug-likeness (QED) is 0.694. The van der Waals surface area contributed by atoms with E-state index in [1.165, 1.54) is 12.1 Å². The van der Waals surface area contributed by atoms with Gasteiger partial charge in [0.05, 0.1) is 18.1 Å². The maximum absolute atomic E-state index is 11.5. The summed E-state index contributed by atoms with van der Waals surface area (Å²) in [5.74, 6) is 0.518. The standard InChI is InChI=1S/C14H18O6S/c1-18-7-8-19-14-12(15)9-13(14)20-10-3-5-11(6-4-10)21(2,16)17/h3-6,13-14H,7-9H2,1-2H3. The Morgan fingerprint density at radius 1 is 1.19 bits per heavy atom. The third kappa shape index (κ3) is 4.03. The SMILES string of the molecule is COCCOC1C(=O)CC1Oc1ccc(S(C)(=O)=O)cc1. The van der Waals surface area contributed by atoms with Crippen molar-refractivity contribution in [2.75, 3.05) is 26.6 Å². The first kappa shape index (κ1) is 15.9. The molecule has 0 bridgehead atoms. The van der Waals surface area contributed by atoms with Gasteiger partial charge in [-0.05, 0) is 24.3 Å². The minimum absolute atomic E-state index is 0.00357. The molecule has 6 nitrogen and oxygen atoms in total. The van der Waals surface area contributed by atoms with Gasteiger partial charge in [-0.1, -0.05) is 0 Å². The molecule has 1 aliphatic carbocycles. The van der Waals surface area contributed by atoms with Crippen molar-refractivity contribution in [2.24, 2.45) is 0 Å². The van der Waals surface area contributed by atoms with Crippen LogP contribution in [0.3, 0.4) is 0 Å². The summed E-state index contributed by atoms with van der Waals surface area (Å²) >= 11 is 0. The average Bonchev–Trinajstić information content (AvgIpc) is 2.42. The maximum Gasteiger partial charge on any atom is 0.175 e. The molecule has 21 heavy (non-hydrogen) atoms. The van der Waals surface area contributed by atoms with E-state index in [9.17, 15) is 13.2 Å². The lowest BCUT2D eigenvalue weighted by molar-refractivity contribution is -0.156. The van der Waals surface area contributed by atoms with Crippen LogP contribution < -0.4 is 4.74 Å². The molecule has 1 aromatic carbocycles. The average molecular weight is 314 g/mol. The fourth-order valence-electron chi connectivity index (χ4n) is 1.97. The third-order valence-corrected chi connectivity index (χ3v) is 4.31. The van der Waals surface area contributed by atoms with Crippen LogP contribution in [0.4, 0.5) is 0 Å². The van der Waals surface area contributed by atoms with Crippen LogP contribution in [0.1, 0.15) is 6.42 Å². The second kappa shape index (κ2) is 6.55. The number of carbonyl (C=O) groups excluding carboxylic acids is 1. The fourth-order valence-corrected chi connectivity index (χ4v) is 2.60. The number of hydrogen-bond acceptors (Lipinski definition) is 6. The molecule has 1 aliphatic rings. The summed E-state index contributed by atoms with van der Waals surface area (Å²) < 4.78 is 38.6. The molecule has 116 valence electrons. The maximum atomic E-state index is 11.5. The molecule has 2 unspecified atom stereocenters. The first-order valence-corrected chi connectivity index (χ1v) is 8.41. The number of hydrogen-bond donors (Lipinski definition) is 0. The van der Waals surface area contributed by atoms with E-state index in [4.69, 9.17) is 14.2 Å². The van der Waals surface area contributed by atoms with Gasteiger partial charge in [0.15, 0.2) is 21.7 Å². The highest BCUT2D eigenvalue weighted by molar-refractivity contribution is 7.90. The lowest BCUT2D eigenvalue weighted by Gasteiger charge is -2.34. The van der Waals surface area contributed by atoms with Crippen LogP contribution in [0.2, 0.25) is 0 Å². The van der Waals surface area contributed by atoms with Crippen molar-refractivity contribution < 1.29 is 27.4 Å². The molecule has 0 radical (unpaired) electrons. The van der Waals surface area contributed by atoms with Crippen molar-refractivity contribution in [3.8, 4) is 5.75 Å². The Balaban J connectivity index is 1.94. The number of methoxy groups -OCH3 is 1. The van der Waals surface area contributed by atoms with Crippen LogP contribution in [-0.4, -0.2) is 53.0 Å². The van der Waals surface area contributed by atoms with Crippen LogP contribution >= 0.6 is 0 Å². The number of ketones is 1. The monoisotopic (exact) mass is 314 g/mol. The minimum Gasteiger partial charge on any atom is -0.487 e. The second-order valence-electron chi connectivity index (χ2n) is 4.85. The van der Waals surface area contributed by atoms with Crippen LogP contribution in [0, 0.1) is 0 Å². The minimum atomic E-state index is -3.22. The molecular weight excluding hydrogens is 296 g/mol. The fraction of sp³-hybridized carbons (Fsp3) is 0.500. The molecule has 7 heteroatoms. The summed E-state index contributed by atoms with van der Waals surface area (Å²) in [5.41, 5.74) is 0. The largest absolute Gasteiger partial charge is 0.487 e. The Kier molecular flexibility index (Phi) is 4.97. The highest BCUT2D eigenvalue weighted by atomic mass is 32.2. The van der Waals surface area contributed by atoms with Crippen molar-refractivity contribution in [3.63, 3.8) is 0 Å². The number of Topliss-reactive ketones (excluding diaryl/α,β-unsaturated/α-hetero) is 1. The molecule has 0 saturated heterocycles. The van der Waals surface area contributed by atoms with E-state index in [2.05, 4.69) is 0 Å². The molecule has 0 aromatic heterocycles. The Bertz CT molecular complexity index is 592. The molecule has 0 aliphatic heterocycles. The van der Waals surface area contributed by atoms with Gasteiger partial charge in [-0.3, -0.25) is 4.79 Å². The predicted molar refractivity (Wildman–Crippen MR) is 75.2 cm³/mol. The van der Waals surface area contributed by atoms with Gasteiger partial charge in [-0.15, -0.1) is 0 Å². The highest BCUT2D eigenvalue weighted by Gasteiger charge is 2.42. The first-order valence-electron chi connectivity index (χ1n) is 6.52. The smallest absolute Gasteiger partial charge is 0.175 e. The van der Waals surface area contributed by atoms with Crippen LogP contribution in [0.5, 0.6) is 5.75 Å². The number of rotatable bonds is 7. The molecule has 1 saturated carbocycles. The van der Waals surface area contributed by atoms with Crippen molar-refractivity contribution >= 4 is 15.6 Å². The summed E-state index contributed by atoms with van der Waals surface area (Å²) in [7, 11) is -1.66. The van der Waals surface area contributed by atoms with Crippen LogP contribution in [-0.2, 0) is 24.1 Å². The number of benzene rings is 1. The van der Waals surface area contributed by atoms with Crippen molar-refractivity contribution in [2.45, 2.75) is 23.5 Å². The summed E-state index contributed by atoms with van der Waals surface area (Å²) in [6, 6.07) is 6.11. The number of ether oxygens (including phenoxy) is 3. The molecular formula is C14H18O6S. The van der Waals surface area contributed by atoms with E-state index < -0.39 is 15.9 Å². The second-order valence-corrected chi connectivity index (χ2v) is 6.87. The molecule has 1 fully saturated rings. The highest BCUT2D eigenvalue weighted by Crippen LogP contribution is 2.26. The lowest BCUT2D eigenvalue weighted by atomic mass is 9.90. The van der Waals surface area contributed by atoms with Crippen LogP contribution in [0.25, 0.3) is 0 Å². The van der Waals surface area contributed by atoms with Crippen molar-refractivity contribution in [3.05, 3.63) is 24.3 Å². The summed E-state index contributed by atoms with van der Waals surface area (Å²) in [6.45, 7) is 0.749. The van der Waals surface area contributed by atoms with E-state index in [1.807, 2.05) is 0 Å². The van der Waals surface area contributed by atoms with Gasteiger partial charge in [0.1, 0.15) is 11.9 Å². The zero-order chi connectivity index (χ0) is 15.5. The molecule has 0 heterocycles. The molecule has 0 N–H and O–H groups in total. The van der Waals surface area contributed by atoms with Gasteiger partial charge >= 0.3 is 0 Å². The molecule has 0 spiro atoms. The molecule has 0 amide bonds. The molecule has 2 atom stereocenters.